The van der Waals surface area contributed by atoms with Crippen molar-refractivity contribution in [3.63, 3.8) is 0 Å². The minimum atomic E-state index is -0.492. The summed E-state index contributed by atoms with van der Waals surface area (Å²) in [5.74, 6) is 1.10. The molecule has 0 aliphatic rings. The van der Waals surface area contributed by atoms with Gasteiger partial charge in [-0.2, -0.15) is 5.26 Å². The molecule has 0 radical (unpaired) electrons. The molecule has 1 aromatic heterocycles. The first-order valence-electron chi connectivity index (χ1n) is 12.4. The van der Waals surface area contributed by atoms with Gasteiger partial charge in [0.15, 0.2) is 0 Å². The second-order valence-electron chi connectivity index (χ2n) is 9.20. The number of anilines is 3. The number of hydrogen-bond acceptors (Lipinski definition) is 6. The molecule has 4 aromatic carbocycles. The number of nitrogens with one attached hydrogen (secondary N) is 1. The van der Waals surface area contributed by atoms with E-state index in [1.807, 2.05) is 78.3 Å². The van der Waals surface area contributed by atoms with Gasteiger partial charge in [0.2, 0.25) is 0 Å². The third-order valence-corrected chi connectivity index (χ3v) is 6.59. The molecule has 0 bridgehead atoms. The van der Waals surface area contributed by atoms with E-state index in [2.05, 4.69) is 10.2 Å². The van der Waals surface area contributed by atoms with Gasteiger partial charge in [0.1, 0.15) is 22.8 Å². The predicted molar refractivity (Wildman–Crippen MR) is 151 cm³/mol. The first-order valence-corrected chi connectivity index (χ1v) is 12.4. The average Bonchev–Trinajstić information content (AvgIpc) is 3.34. The van der Waals surface area contributed by atoms with Crippen molar-refractivity contribution in [1.82, 2.24) is 9.55 Å². The molecule has 5 rings (SSSR count). The van der Waals surface area contributed by atoms with E-state index in [0.29, 0.717) is 24.5 Å². The summed E-state index contributed by atoms with van der Waals surface area (Å²) < 4.78 is 27.4. The molecule has 0 saturated heterocycles. The lowest BCUT2D eigenvalue weighted by Crippen LogP contribution is -2.22. The van der Waals surface area contributed by atoms with Crippen molar-refractivity contribution in [2.75, 3.05) is 24.4 Å². The monoisotopic (exact) mass is 521 g/mol. The van der Waals surface area contributed by atoms with Crippen molar-refractivity contribution in [2.24, 2.45) is 7.05 Å². The van der Waals surface area contributed by atoms with E-state index in [1.165, 1.54) is 6.07 Å². The summed E-state index contributed by atoms with van der Waals surface area (Å²) >= 11 is 0. The molecule has 7 nitrogen and oxygen atoms in total. The van der Waals surface area contributed by atoms with E-state index in [1.54, 1.807) is 32.7 Å². The van der Waals surface area contributed by atoms with Gasteiger partial charge in [0.25, 0.3) is 0 Å². The molecule has 0 unspecified atom stereocenters. The number of ether oxygens (including phenoxy) is 2. The first-order chi connectivity index (χ1) is 19.0. The Morgan fingerprint density at radius 2 is 1.51 bits per heavy atom. The highest BCUT2D eigenvalue weighted by Gasteiger charge is 2.17. The Kier molecular flexibility index (Phi) is 7.32. The summed E-state index contributed by atoms with van der Waals surface area (Å²) in [6.07, 6.45) is 1.78. The Bertz CT molecular complexity index is 1590. The lowest BCUT2D eigenvalue weighted by atomic mass is 10.1. The van der Waals surface area contributed by atoms with Crippen LogP contribution in [-0.2, 0) is 20.1 Å². The van der Waals surface area contributed by atoms with Gasteiger partial charge in [-0.1, -0.05) is 24.3 Å². The number of halogens is 1. The Morgan fingerprint density at radius 3 is 2.05 bits per heavy atom. The maximum Gasteiger partial charge on any atom is 0.147 e. The third kappa shape index (κ3) is 5.63. The van der Waals surface area contributed by atoms with E-state index >= 15 is 0 Å². The first kappa shape index (κ1) is 25.6. The molecule has 5 aromatic rings. The zero-order valence-corrected chi connectivity index (χ0v) is 22.0. The fourth-order valence-electron chi connectivity index (χ4n) is 4.50. The summed E-state index contributed by atoms with van der Waals surface area (Å²) in [4.78, 5) is 6.96. The van der Waals surface area contributed by atoms with Gasteiger partial charge in [-0.15, -0.1) is 0 Å². The van der Waals surface area contributed by atoms with E-state index < -0.39 is 5.82 Å². The normalized spacial score (nSPS) is 10.7. The second kappa shape index (κ2) is 11.2. The zero-order valence-electron chi connectivity index (χ0n) is 22.0. The quantitative estimate of drug-likeness (QED) is 0.237. The highest BCUT2D eigenvalue weighted by molar-refractivity contribution is 5.93. The summed E-state index contributed by atoms with van der Waals surface area (Å²) in [7, 11) is 5.23. The molecule has 0 fully saturated rings. The number of nitrogens with zero attached hydrogens (tertiary/aromatic N) is 4. The number of benzene rings is 4. The molecule has 0 aliphatic carbocycles. The Balaban J connectivity index is 1.57. The molecule has 1 N–H and O–H groups in total. The SMILES string of the molecule is COc1ccc(CN(Cc2ccc(OC)cc2)c2cc(Nc3ccc(C#N)cc3F)cc3c2ncn3C)cc1. The highest BCUT2D eigenvalue weighted by Crippen LogP contribution is 2.34. The molecule has 0 aliphatic heterocycles. The summed E-state index contributed by atoms with van der Waals surface area (Å²) in [5.41, 5.74) is 6.11. The minimum Gasteiger partial charge on any atom is -0.497 e. The smallest absolute Gasteiger partial charge is 0.147 e. The van der Waals surface area contributed by atoms with Crippen LogP contribution in [0, 0.1) is 17.1 Å². The lowest BCUT2D eigenvalue weighted by molar-refractivity contribution is 0.414. The number of aromatic nitrogens is 2. The second-order valence-corrected chi connectivity index (χ2v) is 9.20. The van der Waals surface area contributed by atoms with Gasteiger partial charge < -0.3 is 24.3 Å². The molecule has 0 spiro atoms. The van der Waals surface area contributed by atoms with Crippen molar-refractivity contribution >= 4 is 28.1 Å². The maximum atomic E-state index is 14.8. The molecule has 0 atom stereocenters. The predicted octanol–water partition coefficient (Wildman–Crippen LogP) is 6.55. The molecule has 0 saturated carbocycles. The Hall–Kier alpha value is -5.03. The van der Waals surface area contributed by atoms with Gasteiger partial charge in [-0.05, 0) is 65.7 Å². The summed E-state index contributed by atoms with van der Waals surface area (Å²) in [6.45, 7) is 1.22. The molecule has 196 valence electrons. The van der Waals surface area contributed by atoms with E-state index in [-0.39, 0.29) is 5.56 Å². The number of aryl methyl sites for hydroxylation is 1. The highest BCUT2D eigenvalue weighted by atomic mass is 19.1. The fourth-order valence-corrected chi connectivity index (χ4v) is 4.50. The van der Waals surface area contributed by atoms with E-state index in [0.717, 1.165) is 39.3 Å². The maximum absolute atomic E-state index is 14.8. The van der Waals surface area contributed by atoms with Gasteiger partial charge in [0, 0.05) is 25.8 Å². The molecule has 8 heteroatoms. The van der Waals surface area contributed by atoms with E-state index in [9.17, 15) is 4.39 Å². The number of methoxy groups -OCH3 is 2. The number of imidazole rings is 1. The zero-order chi connectivity index (χ0) is 27.4. The van der Waals surface area contributed by atoms with Crippen LogP contribution in [0.25, 0.3) is 11.0 Å². The van der Waals surface area contributed by atoms with Crippen LogP contribution in [0.5, 0.6) is 11.5 Å². The number of nitriles is 1. The third-order valence-electron chi connectivity index (χ3n) is 6.59. The van der Waals surface area contributed by atoms with Crippen LogP contribution in [0.2, 0.25) is 0 Å². The average molecular weight is 522 g/mol. The van der Waals surface area contributed by atoms with Crippen LogP contribution in [0.3, 0.4) is 0 Å². The standard InChI is InChI=1S/C31H28FN5O2/c1-36-20-34-31-29(36)15-24(35-28-13-8-23(17-33)14-27(28)32)16-30(31)37(18-21-4-9-25(38-2)10-5-21)19-22-6-11-26(39-3)12-7-22/h4-16,20,35H,18-19H2,1-3H3. The van der Waals surface area contributed by atoms with Gasteiger partial charge in [-0.3, -0.25) is 0 Å². The van der Waals surface area contributed by atoms with Crippen LogP contribution < -0.4 is 19.7 Å². The van der Waals surface area contributed by atoms with Crippen LogP contribution in [0.15, 0.2) is 85.2 Å². The summed E-state index contributed by atoms with van der Waals surface area (Å²) in [5, 5.41) is 12.3. The molecule has 1 heterocycles. The van der Waals surface area contributed by atoms with Crippen molar-refractivity contribution < 1.29 is 13.9 Å². The minimum absolute atomic E-state index is 0.269. The molecule has 0 amide bonds. The van der Waals surface area contributed by atoms with Crippen LogP contribution in [0.1, 0.15) is 16.7 Å². The Morgan fingerprint density at radius 1 is 0.897 bits per heavy atom. The molecule has 39 heavy (non-hydrogen) atoms. The number of fused-ring (bicyclic) bond motifs is 1. The van der Waals surface area contributed by atoms with Crippen LogP contribution in [0.4, 0.5) is 21.5 Å². The fraction of sp³-hybridized carbons (Fsp3) is 0.161. The lowest BCUT2D eigenvalue weighted by Gasteiger charge is -2.27. The number of rotatable bonds is 9. The topological polar surface area (TPSA) is 75.3 Å². The van der Waals surface area contributed by atoms with Gasteiger partial charge in [0.05, 0.1) is 49.1 Å². The van der Waals surface area contributed by atoms with Crippen LogP contribution >= 0.6 is 0 Å². The largest absolute Gasteiger partial charge is 0.497 e. The molecular formula is C31H28FN5O2. The van der Waals surface area contributed by atoms with Gasteiger partial charge >= 0.3 is 0 Å². The Labute approximate surface area is 226 Å². The van der Waals surface area contributed by atoms with Crippen molar-refractivity contribution in [2.45, 2.75) is 13.1 Å². The van der Waals surface area contributed by atoms with Crippen molar-refractivity contribution in [1.29, 1.82) is 5.26 Å². The van der Waals surface area contributed by atoms with Crippen LogP contribution in [-0.4, -0.2) is 23.8 Å². The van der Waals surface area contributed by atoms with Gasteiger partial charge in [-0.25, -0.2) is 9.37 Å². The number of hydrogen-bond donors (Lipinski definition) is 1. The molecular weight excluding hydrogens is 493 g/mol. The summed E-state index contributed by atoms with van der Waals surface area (Å²) in [6, 6.07) is 26.3. The van der Waals surface area contributed by atoms with Crippen molar-refractivity contribution in [3.05, 3.63) is 108 Å². The van der Waals surface area contributed by atoms with E-state index in [4.69, 9.17) is 19.7 Å². The van der Waals surface area contributed by atoms with Crippen molar-refractivity contribution in [3.8, 4) is 17.6 Å².